The molecule has 24 heavy (non-hydrogen) atoms. The highest BCUT2D eigenvalue weighted by Gasteiger charge is 2.43. The van der Waals surface area contributed by atoms with Gasteiger partial charge in [0.15, 0.2) is 0 Å². The van der Waals surface area contributed by atoms with Gasteiger partial charge in [0.2, 0.25) is 0 Å². The van der Waals surface area contributed by atoms with E-state index in [1.807, 2.05) is 30.3 Å². The Hall–Kier alpha value is -1.49. The predicted octanol–water partition coefficient (Wildman–Crippen LogP) is -0.700. The van der Waals surface area contributed by atoms with Gasteiger partial charge in [-0.05, 0) is 12.1 Å². The largest absolute Gasteiger partial charge is 0.394 e. The maximum Gasteiger partial charge on any atom is 0.132 e. The van der Waals surface area contributed by atoms with Crippen LogP contribution in [0, 0.1) is 0 Å². The number of aliphatic hydroxyl groups excluding tert-OH is 4. The Morgan fingerprint density at radius 2 is 1.83 bits per heavy atom. The standard InChI is InChI=1S/C15H19N3O5S/c19-7-11-12(20)13(21)14(22)15(23-11)24-8-9-6-18(17-16-9)10-4-2-1-3-5-10/h1-6,11-15,19-22H,7-8H2/t11-,12+,13+,14-,15?/m0/s1. The second-order valence-corrected chi connectivity index (χ2v) is 6.58. The highest BCUT2D eigenvalue weighted by molar-refractivity contribution is 7.99. The Labute approximate surface area is 142 Å². The van der Waals surface area contributed by atoms with Gasteiger partial charge in [0.1, 0.15) is 29.9 Å². The highest BCUT2D eigenvalue weighted by Crippen LogP contribution is 2.30. The van der Waals surface area contributed by atoms with Crippen LogP contribution in [0.4, 0.5) is 0 Å². The molecule has 0 saturated carbocycles. The lowest BCUT2D eigenvalue weighted by Gasteiger charge is -2.39. The number of thioether (sulfide) groups is 1. The van der Waals surface area contributed by atoms with Crippen LogP contribution in [0.25, 0.3) is 5.69 Å². The Kier molecular flexibility index (Phi) is 5.49. The van der Waals surface area contributed by atoms with Crippen molar-refractivity contribution in [1.82, 2.24) is 15.0 Å². The van der Waals surface area contributed by atoms with Crippen LogP contribution in [0.5, 0.6) is 0 Å². The molecule has 1 aliphatic rings. The molecule has 0 aliphatic carbocycles. The van der Waals surface area contributed by atoms with Crippen molar-refractivity contribution in [2.75, 3.05) is 6.61 Å². The summed E-state index contributed by atoms with van der Waals surface area (Å²) in [6.45, 7) is -0.438. The van der Waals surface area contributed by atoms with Crippen molar-refractivity contribution < 1.29 is 25.2 Å². The summed E-state index contributed by atoms with van der Waals surface area (Å²) in [4.78, 5) is 0. The number of nitrogens with zero attached hydrogens (tertiary/aromatic N) is 3. The minimum absolute atomic E-state index is 0.398. The van der Waals surface area contributed by atoms with Gasteiger partial charge < -0.3 is 25.2 Å². The minimum Gasteiger partial charge on any atom is -0.394 e. The topological polar surface area (TPSA) is 121 Å². The van der Waals surface area contributed by atoms with E-state index in [1.165, 1.54) is 11.8 Å². The molecule has 1 fully saturated rings. The predicted molar refractivity (Wildman–Crippen MR) is 86.4 cm³/mol. The summed E-state index contributed by atoms with van der Waals surface area (Å²) in [6.07, 6.45) is -3.10. The first-order valence-corrected chi connectivity index (χ1v) is 8.54. The molecule has 1 aromatic heterocycles. The Balaban J connectivity index is 1.62. The van der Waals surface area contributed by atoms with Gasteiger partial charge in [-0.2, -0.15) is 0 Å². The first-order chi connectivity index (χ1) is 11.6. The van der Waals surface area contributed by atoms with E-state index in [9.17, 15) is 20.4 Å². The maximum atomic E-state index is 10.0. The van der Waals surface area contributed by atoms with Crippen LogP contribution in [-0.4, -0.2) is 71.9 Å². The molecule has 1 aliphatic heterocycles. The third-order valence-electron chi connectivity index (χ3n) is 3.81. The molecular weight excluding hydrogens is 334 g/mol. The molecule has 0 spiro atoms. The van der Waals surface area contributed by atoms with Crippen LogP contribution < -0.4 is 0 Å². The summed E-state index contributed by atoms with van der Waals surface area (Å²) in [5.74, 6) is 0.398. The molecule has 5 atom stereocenters. The molecule has 1 aromatic carbocycles. The second-order valence-electron chi connectivity index (χ2n) is 5.50. The SMILES string of the molecule is OC[C@@H]1OC(SCc2cn(-c3ccccc3)nn2)[C@@H](O)[C@H](O)[C@@H]1O. The summed E-state index contributed by atoms with van der Waals surface area (Å²) in [6, 6.07) is 9.53. The molecule has 9 heteroatoms. The second kappa shape index (κ2) is 7.60. The van der Waals surface area contributed by atoms with Gasteiger partial charge >= 0.3 is 0 Å². The highest BCUT2D eigenvalue weighted by atomic mass is 32.2. The monoisotopic (exact) mass is 353 g/mol. The van der Waals surface area contributed by atoms with Gasteiger partial charge in [-0.1, -0.05) is 23.4 Å². The molecule has 2 heterocycles. The molecule has 1 unspecified atom stereocenters. The first kappa shape index (κ1) is 17.3. The number of hydrogen-bond acceptors (Lipinski definition) is 8. The van der Waals surface area contributed by atoms with Gasteiger partial charge in [-0.15, -0.1) is 16.9 Å². The van der Waals surface area contributed by atoms with Crippen molar-refractivity contribution in [3.05, 3.63) is 42.2 Å². The van der Waals surface area contributed by atoms with Crippen molar-refractivity contribution in [2.24, 2.45) is 0 Å². The van der Waals surface area contributed by atoms with Crippen molar-refractivity contribution >= 4 is 11.8 Å². The lowest BCUT2D eigenvalue weighted by Crippen LogP contribution is -2.57. The maximum absolute atomic E-state index is 10.0. The smallest absolute Gasteiger partial charge is 0.132 e. The fraction of sp³-hybridized carbons (Fsp3) is 0.467. The van der Waals surface area contributed by atoms with E-state index in [0.29, 0.717) is 11.4 Å². The quantitative estimate of drug-likeness (QED) is 0.557. The summed E-state index contributed by atoms with van der Waals surface area (Å²) < 4.78 is 7.08. The third kappa shape index (κ3) is 3.61. The molecule has 4 N–H and O–H groups in total. The van der Waals surface area contributed by atoms with E-state index in [1.54, 1.807) is 10.9 Å². The van der Waals surface area contributed by atoms with Crippen LogP contribution in [0.2, 0.25) is 0 Å². The molecule has 3 rings (SSSR count). The van der Waals surface area contributed by atoms with Gasteiger partial charge in [-0.3, -0.25) is 0 Å². The Morgan fingerprint density at radius 1 is 1.08 bits per heavy atom. The Morgan fingerprint density at radius 3 is 2.54 bits per heavy atom. The van der Waals surface area contributed by atoms with E-state index < -0.39 is 36.5 Å². The molecule has 130 valence electrons. The fourth-order valence-electron chi connectivity index (χ4n) is 2.44. The first-order valence-electron chi connectivity index (χ1n) is 7.49. The van der Waals surface area contributed by atoms with Crippen LogP contribution in [-0.2, 0) is 10.5 Å². The van der Waals surface area contributed by atoms with Crippen LogP contribution >= 0.6 is 11.8 Å². The van der Waals surface area contributed by atoms with Crippen molar-refractivity contribution in [3.8, 4) is 5.69 Å². The zero-order valence-electron chi connectivity index (χ0n) is 12.7. The van der Waals surface area contributed by atoms with Crippen molar-refractivity contribution in [2.45, 2.75) is 35.6 Å². The molecule has 1 saturated heterocycles. The zero-order valence-corrected chi connectivity index (χ0v) is 13.5. The van der Waals surface area contributed by atoms with Gasteiger partial charge in [0, 0.05) is 5.75 Å². The number of rotatable bonds is 5. The van der Waals surface area contributed by atoms with Crippen LogP contribution in [0.3, 0.4) is 0 Å². The van der Waals surface area contributed by atoms with Crippen LogP contribution in [0.15, 0.2) is 36.5 Å². The average Bonchev–Trinajstić information content (AvgIpc) is 3.09. The van der Waals surface area contributed by atoms with E-state index in [2.05, 4.69) is 10.3 Å². The lowest BCUT2D eigenvalue weighted by molar-refractivity contribution is -0.205. The summed E-state index contributed by atoms with van der Waals surface area (Å²) >= 11 is 1.22. The molecule has 2 aromatic rings. The summed E-state index contributed by atoms with van der Waals surface area (Å²) in [5, 5.41) is 46.8. The number of hydrogen-bond donors (Lipinski definition) is 4. The molecule has 0 bridgehead atoms. The zero-order chi connectivity index (χ0) is 17.1. The normalized spacial score (nSPS) is 30.4. The van der Waals surface area contributed by atoms with Gasteiger partial charge in [0.25, 0.3) is 0 Å². The van der Waals surface area contributed by atoms with E-state index >= 15 is 0 Å². The van der Waals surface area contributed by atoms with Crippen molar-refractivity contribution in [3.63, 3.8) is 0 Å². The van der Waals surface area contributed by atoms with Crippen LogP contribution in [0.1, 0.15) is 5.69 Å². The third-order valence-corrected chi connectivity index (χ3v) is 4.99. The van der Waals surface area contributed by atoms with E-state index in [4.69, 9.17) is 4.74 Å². The number of ether oxygens (including phenoxy) is 1. The molecule has 0 amide bonds. The van der Waals surface area contributed by atoms with E-state index in [-0.39, 0.29) is 0 Å². The fourth-order valence-corrected chi connectivity index (χ4v) is 3.49. The number of para-hydroxylation sites is 1. The number of aromatic nitrogens is 3. The Bertz CT molecular complexity index is 654. The van der Waals surface area contributed by atoms with Crippen molar-refractivity contribution in [1.29, 1.82) is 0 Å². The average molecular weight is 353 g/mol. The van der Waals surface area contributed by atoms with E-state index in [0.717, 1.165) is 5.69 Å². The molecular formula is C15H19N3O5S. The minimum atomic E-state index is -1.37. The van der Waals surface area contributed by atoms with Gasteiger partial charge in [0.05, 0.1) is 24.2 Å². The van der Waals surface area contributed by atoms with Gasteiger partial charge in [-0.25, -0.2) is 4.68 Å². The summed E-state index contributed by atoms with van der Waals surface area (Å²) in [5.41, 5.74) is 0.789. The molecule has 0 radical (unpaired) electrons. The number of aliphatic hydroxyl groups is 4. The number of benzene rings is 1. The summed E-state index contributed by atoms with van der Waals surface area (Å²) in [7, 11) is 0. The lowest BCUT2D eigenvalue weighted by atomic mass is 10.0. The molecule has 8 nitrogen and oxygen atoms in total.